The number of hydrogen-bond acceptors (Lipinski definition) is 2. The van der Waals surface area contributed by atoms with Gasteiger partial charge in [0, 0.05) is 18.0 Å². The number of carbonyl (C=O) groups is 1. The highest BCUT2D eigenvalue weighted by Gasteiger charge is 2.40. The monoisotopic (exact) mass is 286 g/mol. The first-order valence-corrected chi connectivity index (χ1v) is 7.28. The molecule has 2 fully saturated rings. The number of carbonyl (C=O) groups excluding carboxylic acids is 1. The second-order valence-corrected chi connectivity index (χ2v) is 6.13. The zero-order chi connectivity index (χ0) is 13.1. The fourth-order valence-corrected chi connectivity index (χ4v) is 3.67. The summed E-state index contributed by atoms with van der Waals surface area (Å²) in [6.45, 7) is 5.75. The first-order valence-electron chi connectivity index (χ1n) is 7.28. The minimum atomic E-state index is 0. The van der Waals surface area contributed by atoms with Gasteiger partial charge in [0.25, 0.3) is 0 Å². The Hall–Kier alpha value is -0.540. The van der Waals surface area contributed by atoms with Crippen molar-refractivity contribution < 1.29 is 4.79 Å². The maximum atomic E-state index is 12.2. The molecule has 2 bridgehead atoms. The van der Waals surface area contributed by atoms with Crippen LogP contribution in [0, 0.1) is 17.8 Å². The maximum absolute atomic E-state index is 12.2. The van der Waals surface area contributed by atoms with Gasteiger partial charge in [-0.25, -0.2) is 0 Å². The zero-order valence-corrected chi connectivity index (χ0v) is 12.6. The van der Waals surface area contributed by atoms with Gasteiger partial charge in [-0.05, 0) is 50.9 Å². The molecule has 3 atom stereocenters. The Morgan fingerprint density at radius 2 is 2.00 bits per heavy atom. The summed E-state index contributed by atoms with van der Waals surface area (Å²) in [6.07, 6.45) is 8.40. The molecule has 0 spiro atoms. The first kappa shape index (κ1) is 16.5. The molecule has 2 rings (SSSR count). The highest BCUT2D eigenvalue weighted by molar-refractivity contribution is 5.85. The van der Waals surface area contributed by atoms with E-state index in [1.165, 1.54) is 19.3 Å². The lowest BCUT2D eigenvalue weighted by atomic mass is 9.65. The van der Waals surface area contributed by atoms with E-state index in [4.69, 9.17) is 5.73 Å². The molecule has 3 N–H and O–H groups in total. The van der Waals surface area contributed by atoms with Crippen molar-refractivity contribution >= 4 is 18.3 Å². The summed E-state index contributed by atoms with van der Waals surface area (Å²) in [5.41, 5.74) is 6.25. The molecule has 3 nitrogen and oxygen atoms in total. The second-order valence-electron chi connectivity index (χ2n) is 6.13. The molecular weight excluding hydrogens is 260 g/mol. The molecule has 0 heterocycles. The molecule has 0 aromatic rings. The Kier molecular flexibility index (Phi) is 6.34. The number of nitrogens with two attached hydrogens (primary N) is 1. The van der Waals surface area contributed by atoms with E-state index >= 15 is 0 Å². The van der Waals surface area contributed by atoms with E-state index in [0.29, 0.717) is 17.9 Å². The molecule has 4 heteroatoms. The summed E-state index contributed by atoms with van der Waals surface area (Å²) < 4.78 is 0. The number of halogens is 1. The van der Waals surface area contributed by atoms with Gasteiger partial charge >= 0.3 is 0 Å². The summed E-state index contributed by atoms with van der Waals surface area (Å²) in [5, 5.41) is 3.10. The lowest BCUT2D eigenvalue weighted by Gasteiger charge is -2.43. The van der Waals surface area contributed by atoms with E-state index in [1.807, 2.05) is 13.0 Å². The Bertz CT molecular complexity index is 307. The van der Waals surface area contributed by atoms with Crippen molar-refractivity contribution in [2.24, 2.45) is 23.5 Å². The Morgan fingerprint density at radius 1 is 1.42 bits per heavy atom. The molecular formula is C15H27ClN2O. The zero-order valence-electron chi connectivity index (χ0n) is 11.8. The molecule has 0 aliphatic heterocycles. The molecule has 2 aliphatic carbocycles. The average molecular weight is 287 g/mol. The summed E-state index contributed by atoms with van der Waals surface area (Å²) in [6, 6.07) is 0.541. The van der Waals surface area contributed by atoms with Gasteiger partial charge in [0.05, 0.1) is 0 Å². The Morgan fingerprint density at radius 3 is 2.53 bits per heavy atom. The second kappa shape index (κ2) is 7.30. The van der Waals surface area contributed by atoms with Crippen molar-refractivity contribution in [3.8, 4) is 0 Å². The molecule has 110 valence electrons. The molecule has 0 saturated heterocycles. The van der Waals surface area contributed by atoms with Gasteiger partial charge in [-0.2, -0.15) is 0 Å². The van der Waals surface area contributed by atoms with Crippen LogP contribution in [-0.2, 0) is 4.79 Å². The van der Waals surface area contributed by atoms with Crippen molar-refractivity contribution in [3.05, 3.63) is 12.7 Å². The van der Waals surface area contributed by atoms with Crippen molar-refractivity contribution in [2.75, 3.05) is 0 Å². The molecule has 2 aliphatic rings. The molecule has 3 unspecified atom stereocenters. The van der Waals surface area contributed by atoms with Gasteiger partial charge in [0.1, 0.15) is 0 Å². The van der Waals surface area contributed by atoms with E-state index in [1.54, 1.807) is 0 Å². The minimum absolute atomic E-state index is 0. The Balaban J connectivity index is 0.00000180. The number of hydrogen-bond donors (Lipinski definition) is 2. The highest BCUT2D eigenvalue weighted by Crippen LogP contribution is 2.41. The number of rotatable bonds is 4. The third kappa shape index (κ3) is 3.96. The third-order valence-electron chi connectivity index (χ3n) is 4.69. The third-order valence-corrected chi connectivity index (χ3v) is 4.69. The fraction of sp³-hybridized carbons (Fsp3) is 0.800. The van der Waals surface area contributed by atoms with Crippen LogP contribution >= 0.6 is 12.4 Å². The van der Waals surface area contributed by atoms with E-state index in [0.717, 1.165) is 19.3 Å². The van der Waals surface area contributed by atoms with Crippen molar-refractivity contribution in [2.45, 2.75) is 57.5 Å². The van der Waals surface area contributed by atoms with Crippen LogP contribution in [0.3, 0.4) is 0 Å². The average Bonchev–Trinajstić information content (AvgIpc) is 2.28. The quantitative estimate of drug-likeness (QED) is 0.781. The summed E-state index contributed by atoms with van der Waals surface area (Å²) in [7, 11) is 0. The van der Waals surface area contributed by atoms with Crippen molar-refractivity contribution in [1.29, 1.82) is 0 Å². The maximum Gasteiger partial charge on any atom is 0.223 e. The fourth-order valence-electron chi connectivity index (χ4n) is 3.67. The van der Waals surface area contributed by atoms with Crippen LogP contribution in [0.15, 0.2) is 12.7 Å². The van der Waals surface area contributed by atoms with Gasteiger partial charge in [-0.15, -0.1) is 19.0 Å². The molecule has 0 radical (unpaired) electrons. The van der Waals surface area contributed by atoms with Crippen molar-refractivity contribution in [1.82, 2.24) is 5.32 Å². The van der Waals surface area contributed by atoms with Crippen LogP contribution in [0.25, 0.3) is 0 Å². The first-order chi connectivity index (χ1) is 8.61. The van der Waals surface area contributed by atoms with E-state index in [2.05, 4.69) is 11.9 Å². The van der Waals surface area contributed by atoms with Crippen LogP contribution in [0.1, 0.15) is 45.4 Å². The van der Waals surface area contributed by atoms with Gasteiger partial charge in [0.2, 0.25) is 5.91 Å². The van der Waals surface area contributed by atoms with Crippen LogP contribution in [0.4, 0.5) is 0 Å². The number of fused-ring (bicyclic) bond motifs is 2. The topological polar surface area (TPSA) is 55.1 Å². The van der Waals surface area contributed by atoms with E-state index < -0.39 is 0 Å². The van der Waals surface area contributed by atoms with E-state index in [-0.39, 0.29) is 30.3 Å². The normalized spacial score (nSPS) is 34.8. The van der Waals surface area contributed by atoms with Gasteiger partial charge in [-0.3, -0.25) is 4.79 Å². The Labute approximate surface area is 122 Å². The van der Waals surface area contributed by atoms with E-state index in [9.17, 15) is 4.79 Å². The number of nitrogens with one attached hydrogen (secondary N) is 1. The van der Waals surface area contributed by atoms with Gasteiger partial charge in [0.15, 0.2) is 0 Å². The summed E-state index contributed by atoms with van der Waals surface area (Å²) in [5.74, 6) is 1.56. The van der Waals surface area contributed by atoms with Crippen LogP contribution < -0.4 is 11.1 Å². The van der Waals surface area contributed by atoms with Gasteiger partial charge in [-0.1, -0.05) is 12.5 Å². The number of amides is 1. The predicted octanol–water partition coefficient (Wildman–Crippen LogP) is 2.64. The van der Waals surface area contributed by atoms with Crippen LogP contribution in [0.5, 0.6) is 0 Å². The SMILES string of the molecule is C=CCC(C)NC(=O)C1CC2CCCC(C1)C2N.Cl. The predicted molar refractivity (Wildman–Crippen MR) is 81.2 cm³/mol. The standard InChI is InChI=1S/C15H26N2O.ClH/c1-3-5-10(2)17-15(18)13-8-11-6-4-7-12(9-13)14(11)16;/h3,10-14H,1,4-9,16H2,2H3,(H,17,18);1H. The van der Waals surface area contributed by atoms with Crippen LogP contribution in [0.2, 0.25) is 0 Å². The largest absolute Gasteiger partial charge is 0.353 e. The minimum Gasteiger partial charge on any atom is -0.353 e. The molecule has 19 heavy (non-hydrogen) atoms. The highest BCUT2D eigenvalue weighted by atomic mass is 35.5. The molecule has 1 amide bonds. The lowest BCUT2D eigenvalue weighted by Crippen LogP contribution is -2.49. The van der Waals surface area contributed by atoms with Crippen LogP contribution in [-0.4, -0.2) is 18.0 Å². The summed E-state index contributed by atoms with van der Waals surface area (Å²) >= 11 is 0. The molecule has 0 aromatic heterocycles. The van der Waals surface area contributed by atoms with Crippen molar-refractivity contribution in [3.63, 3.8) is 0 Å². The smallest absolute Gasteiger partial charge is 0.223 e. The molecule has 0 aromatic carbocycles. The lowest BCUT2D eigenvalue weighted by molar-refractivity contribution is -0.128. The molecule has 2 saturated carbocycles. The van der Waals surface area contributed by atoms with Gasteiger partial charge < -0.3 is 11.1 Å². The summed E-state index contributed by atoms with van der Waals surface area (Å²) in [4.78, 5) is 12.2.